The Bertz CT molecular complexity index is 326. The summed E-state index contributed by atoms with van der Waals surface area (Å²) < 4.78 is 0. The molecule has 2 N–H and O–H groups in total. The van der Waals surface area contributed by atoms with E-state index in [1.165, 1.54) is 0 Å². The van der Waals surface area contributed by atoms with Crippen molar-refractivity contribution >= 4 is 5.69 Å². The van der Waals surface area contributed by atoms with Crippen molar-refractivity contribution in [3.8, 4) is 0 Å². The highest BCUT2D eigenvalue weighted by molar-refractivity contribution is 5.45. The maximum atomic E-state index is 8.31. The van der Waals surface area contributed by atoms with Gasteiger partial charge in [0.05, 0.1) is 0 Å². The van der Waals surface area contributed by atoms with Crippen LogP contribution in [0.5, 0.6) is 0 Å². The molecule has 1 aromatic rings. The average Bonchev–Trinajstić information content (AvgIpc) is 2.08. The van der Waals surface area contributed by atoms with Crippen LogP contribution >= 0.6 is 0 Å². The zero-order valence-electron chi connectivity index (χ0n) is 7.51. The smallest absolute Gasteiger partial charge is 0.0407 e. The Morgan fingerprint density at radius 2 is 2.23 bits per heavy atom. The van der Waals surface area contributed by atoms with Gasteiger partial charge in [0.15, 0.2) is 0 Å². The Morgan fingerprint density at radius 3 is 2.85 bits per heavy atom. The van der Waals surface area contributed by atoms with Gasteiger partial charge < -0.3 is 5.73 Å². The van der Waals surface area contributed by atoms with Gasteiger partial charge in [-0.15, -0.1) is 0 Å². The number of nitrogens with two attached hydrogens (primary N) is 1. The maximum Gasteiger partial charge on any atom is 0.0407 e. The van der Waals surface area contributed by atoms with E-state index in [2.05, 4.69) is 10.0 Å². The summed E-state index contributed by atoms with van der Waals surface area (Å²) in [4.78, 5) is 2.76. The molecular weight excluding hydrogens is 164 g/mol. The van der Waals surface area contributed by atoms with Crippen molar-refractivity contribution < 1.29 is 0 Å². The molecule has 1 rings (SSSR count). The zero-order chi connectivity index (χ0) is 9.68. The van der Waals surface area contributed by atoms with Gasteiger partial charge in [-0.05, 0) is 24.4 Å². The summed E-state index contributed by atoms with van der Waals surface area (Å²) in [5, 5.41) is 3.58. The molecule has 0 saturated heterocycles. The van der Waals surface area contributed by atoms with Crippen LogP contribution in [0.1, 0.15) is 12.5 Å². The topological polar surface area (TPSA) is 74.8 Å². The molecule has 4 nitrogen and oxygen atoms in total. The summed E-state index contributed by atoms with van der Waals surface area (Å²) in [5.74, 6) is 0. The first-order chi connectivity index (χ1) is 6.24. The highest BCUT2D eigenvalue weighted by Crippen LogP contribution is 2.19. The first kappa shape index (κ1) is 9.58. The van der Waals surface area contributed by atoms with E-state index < -0.39 is 0 Å². The molecule has 0 aromatic heterocycles. The number of azide groups is 1. The monoisotopic (exact) mass is 176 g/mol. The molecule has 4 heteroatoms. The van der Waals surface area contributed by atoms with Gasteiger partial charge >= 0.3 is 0 Å². The van der Waals surface area contributed by atoms with Gasteiger partial charge in [-0.1, -0.05) is 29.4 Å². The van der Waals surface area contributed by atoms with Gasteiger partial charge in [-0.3, -0.25) is 0 Å². The molecule has 0 bridgehead atoms. The quantitative estimate of drug-likeness (QED) is 0.429. The van der Waals surface area contributed by atoms with E-state index in [1.807, 2.05) is 25.1 Å². The van der Waals surface area contributed by atoms with E-state index in [9.17, 15) is 0 Å². The third-order valence-corrected chi connectivity index (χ3v) is 1.69. The fourth-order valence-electron chi connectivity index (χ4n) is 1.18. The molecule has 0 saturated carbocycles. The summed E-state index contributed by atoms with van der Waals surface area (Å²) in [5.41, 5.74) is 15.6. The standard InChI is InChI=1S/C9H12N4/c1-7(10)6-8-4-2-3-5-9(8)12-13-11/h2-5,7H,6,10H2,1H3. The van der Waals surface area contributed by atoms with Crippen LogP contribution in [0.15, 0.2) is 29.4 Å². The Kier molecular flexibility index (Phi) is 3.31. The van der Waals surface area contributed by atoms with Crippen molar-refractivity contribution in [2.24, 2.45) is 10.8 Å². The van der Waals surface area contributed by atoms with E-state index in [4.69, 9.17) is 11.3 Å². The molecule has 0 radical (unpaired) electrons. The molecule has 1 unspecified atom stereocenters. The second kappa shape index (κ2) is 4.50. The molecule has 0 aliphatic rings. The normalized spacial score (nSPS) is 11.8. The molecule has 0 aliphatic carbocycles. The van der Waals surface area contributed by atoms with Gasteiger partial charge in [-0.25, -0.2) is 0 Å². The molecule has 1 atom stereocenters. The Labute approximate surface area is 77.0 Å². The van der Waals surface area contributed by atoms with Crippen LogP contribution in [0.4, 0.5) is 5.69 Å². The third kappa shape index (κ3) is 2.78. The summed E-state index contributed by atoms with van der Waals surface area (Å²) in [6, 6.07) is 7.54. The molecule has 68 valence electrons. The van der Waals surface area contributed by atoms with E-state index in [0.717, 1.165) is 12.0 Å². The minimum atomic E-state index is 0.0787. The summed E-state index contributed by atoms with van der Waals surface area (Å²) in [6.07, 6.45) is 0.731. The van der Waals surface area contributed by atoms with Crippen molar-refractivity contribution in [3.63, 3.8) is 0 Å². The van der Waals surface area contributed by atoms with E-state index in [1.54, 1.807) is 6.07 Å². The van der Waals surface area contributed by atoms with Crippen LogP contribution in [-0.4, -0.2) is 6.04 Å². The van der Waals surface area contributed by atoms with Gasteiger partial charge in [0, 0.05) is 16.6 Å². The van der Waals surface area contributed by atoms with Crippen LogP contribution in [0.3, 0.4) is 0 Å². The van der Waals surface area contributed by atoms with Crippen LogP contribution in [0, 0.1) is 0 Å². The number of nitrogens with zero attached hydrogens (tertiary/aromatic N) is 3. The molecule has 0 heterocycles. The number of hydrogen-bond donors (Lipinski definition) is 1. The van der Waals surface area contributed by atoms with Gasteiger partial charge in [-0.2, -0.15) is 0 Å². The third-order valence-electron chi connectivity index (χ3n) is 1.69. The minimum Gasteiger partial charge on any atom is -0.328 e. The van der Waals surface area contributed by atoms with Gasteiger partial charge in [0.25, 0.3) is 0 Å². The van der Waals surface area contributed by atoms with Crippen LogP contribution < -0.4 is 5.73 Å². The van der Waals surface area contributed by atoms with Crippen LogP contribution in [0.25, 0.3) is 10.4 Å². The van der Waals surface area contributed by atoms with Crippen molar-refractivity contribution in [1.29, 1.82) is 0 Å². The van der Waals surface area contributed by atoms with Crippen molar-refractivity contribution in [1.82, 2.24) is 0 Å². The highest BCUT2D eigenvalue weighted by atomic mass is 15.1. The lowest BCUT2D eigenvalue weighted by Crippen LogP contribution is -2.17. The van der Waals surface area contributed by atoms with Crippen molar-refractivity contribution in [3.05, 3.63) is 40.3 Å². The summed E-state index contributed by atoms with van der Waals surface area (Å²) in [6.45, 7) is 1.92. The highest BCUT2D eigenvalue weighted by Gasteiger charge is 2.01. The predicted molar refractivity (Wildman–Crippen MR) is 52.6 cm³/mol. The number of rotatable bonds is 3. The largest absolute Gasteiger partial charge is 0.328 e. The van der Waals surface area contributed by atoms with E-state index >= 15 is 0 Å². The fraction of sp³-hybridized carbons (Fsp3) is 0.333. The molecular formula is C9H12N4. The molecule has 0 fully saturated rings. The van der Waals surface area contributed by atoms with Crippen LogP contribution in [0.2, 0.25) is 0 Å². The van der Waals surface area contributed by atoms with Gasteiger partial charge in [0.2, 0.25) is 0 Å². The van der Waals surface area contributed by atoms with E-state index in [0.29, 0.717) is 5.69 Å². The van der Waals surface area contributed by atoms with Crippen LogP contribution in [-0.2, 0) is 6.42 Å². The first-order valence-corrected chi connectivity index (χ1v) is 4.12. The van der Waals surface area contributed by atoms with E-state index in [-0.39, 0.29) is 6.04 Å². The number of benzene rings is 1. The zero-order valence-corrected chi connectivity index (χ0v) is 7.51. The van der Waals surface area contributed by atoms with Crippen molar-refractivity contribution in [2.75, 3.05) is 0 Å². The maximum absolute atomic E-state index is 8.31. The molecule has 13 heavy (non-hydrogen) atoms. The van der Waals surface area contributed by atoms with Gasteiger partial charge in [0.1, 0.15) is 0 Å². The lowest BCUT2D eigenvalue weighted by atomic mass is 10.1. The predicted octanol–water partition coefficient (Wildman–Crippen LogP) is 2.52. The summed E-state index contributed by atoms with van der Waals surface area (Å²) >= 11 is 0. The Morgan fingerprint density at radius 1 is 1.54 bits per heavy atom. The average molecular weight is 176 g/mol. The second-order valence-corrected chi connectivity index (χ2v) is 3.00. The molecule has 0 aliphatic heterocycles. The first-order valence-electron chi connectivity index (χ1n) is 4.12. The Hall–Kier alpha value is -1.51. The Balaban J connectivity index is 2.97. The molecule has 0 amide bonds. The SMILES string of the molecule is CC(N)Cc1ccccc1N=[N+]=[N-]. The molecule has 0 spiro atoms. The second-order valence-electron chi connectivity index (χ2n) is 3.00. The van der Waals surface area contributed by atoms with Crippen molar-refractivity contribution in [2.45, 2.75) is 19.4 Å². The lowest BCUT2D eigenvalue weighted by Gasteiger charge is -2.07. The summed E-state index contributed by atoms with van der Waals surface area (Å²) in [7, 11) is 0. The number of hydrogen-bond acceptors (Lipinski definition) is 2. The lowest BCUT2D eigenvalue weighted by molar-refractivity contribution is 0.738. The minimum absolute atomic E-state index is 0.0787. The fourth-order valence-corrected chi connectivity index (χ4v) is 1.18. The molecule has 1 aromatic carbocycles.